The average Bonchev–Trinajstić information content (AvgIpc) is 2.40. The Morgan fingerprint density at radius 1 is 1.16 bits per heavy atom. The lowest BCUT2D eigenvalue weighted by molar-refractivity contribution is 0.679. The number of rotatable bonds is 4. The molecule has 2 aromatic rings. The number of nitrogens with two attached hydrogens (primary N) is 1. The molecule has 0 heterocycles. The molecule has 0 amide bonds. The molecule has 1 unspecified atom stereocenters. The van der Waals surface area contributed by atoms with Crippen LogP contribution in [0.2, 0.25) is 5.02 Å². The van der Waals surface area contributed by atoms with Crippen molar-refractivity contribution in [2.45, 2.75) is 13.0 Å². The number of nitrogens with zero attached hydrogens (tertiary/aromatic N) is 1. The normalized spacial score (nSPS) is 12.2. The molecule has 0 aliphatic carbocycles. The van der Waals surface area contributed by atoms with Crippen LogP contribution < -0.4 is 10.6 Å². The number of halogens is 1. The highest BCUT2D eigenvalue weighted by Crippen LogP contribution is 2.28. The summed E-state index contributed by atoms with van der Waals surface area (Å²) >= 11 is 6.07. The number of hydrogen-bond donors (Lipinski definition) is 1. The van der Waals surface area contributed by atoms with E-state index in [0.29, 0.717) is 6.54 Å². The van der Waals surface area contributed by atoms with E-state index in [1.807, 2.05) is 30.3 Å². The first-order chi connectivity index (χ1) is 9.13. The van der Waals surface area contributed by atoms with Crippen LogP contribution in [-0.2, 0) is 0 Å². The lowest BCUT2D eigenvalue weighted by Crippen LogP contribution is -2.30. The predicted octanol–water partition coefficient (Wildman–Crippen LogP) is 3.78. The molecule has 0 spiro atoms. The maximum atomic E-state index is 6.07. The van der Waals surface area contributed by atoms with Crippen LogP contribution in [0.25, 0.3) is 0 Å². The third-order valence-corrected chi connectivity index (χ3v) is 3.65. The van der Waals surface area contributed by atoms with Crippen LogP contribution in [0.15, 0.2) is 48.5 Å². The van der Waals surface area contributed by atoms with Gasteiger partial charge in [-0.1, -0.05) is 41.9 Å². The number of benzene rings is 2. The van der Waals surface area contributed by atoms with Gasteiger partial charge in [0.05, 0.1) is 6.04 Å². The van der Waals surface area contributed by atoms with E-state index < -0.39 is 0 Å². The minimum atomic E-state index is 0.125. The van der Waals surface area contributed by atoms with Crippen molar-refractivity contribution in [3.8, 4) is 0 Å². The van der Waals surface area contributed by atoms with Crippen LogP contribution >= 0.6 is 11.6 Å². The molecule has 0 aliphatic rings. The van der Waals surface area contributed by atoms with Gasteiger partial charge in [0.1, 0.15) is 0 Å². The molecule has 2 N–H and O–H groups in total. The molecule has 3 heteroatoms. The Kier molecular flexibility index (Phi) is 4.46. The molecule has 0 saturated heterocycles. The second-order valence-corrected chi connectivity index (χ2v) is 5.14. The van der Waals surface area contributed by atoms with E-state index in [1.54, 1.807) is 0 Å². The van der Waals surface area contributed by atoms with E-state index in [4.69, 9.17) is 17.3 Å². The van der Waals surface area contributed by atoms with Crippen LogP contribution in [0, 0.1) is 6.92 Å². The zero-order valence-corrected chi connectivity index (χ0v) is 12.1. The molecule has 0 aliphatic heterocycles. The Morgan fingerprint density at radius 2 is 1.89 bits per heavy atom. The Morgan fingerprint density at radius 3 is 2.53 bits per heavy atom. The fourth-order valence-electron chi connectivity index (χ4n) is 2.36. The summed E-state index contributed by atoms with van der Waals surface area (Å²) in [5, 5.41) is 0.745. The molecule has 100 valence electrons. The highest BCUT2D eigenvalue weighted by molar-refractivity contribution is 6.30. The molecule has 0 radical (unpaired) electrons. The quantitative estimate of drug-likeness (QED) is 0.919. The maximum Gasteiger partial charge on any atom is 0.0662 e. The molecule has 0 bridgehead atoms. The van der Waals surface area contributed by atoms with Crippen molar-refractivity contribution in [3.63, 3.8) is 0 Å². The number of para-hydroxylation sites is 1. The third kappa shape index (κ3) is 3.09. The monoisotopic (exact) mass is 274 g/mol. The van der Waals surface area contributed by atoms with Crippen LogP contribution in [0.4, 0.5) is 5.69 Å². The van der Waals surface area contributed by atoms with Crippen molar-refractivity contribution in [1.29, 1.82) is 0 Å². The second-order valence-electron chi connectivity index (χ2n) is 4.70. The van der Waals surface area contributed by atoms with E-state index in [1.165, 1.54) is 11.3 Å². The summed E-state index contributed by atoms with van der Waals surface area (Å²) in [6.07, 6.45) is 0. The van der Waals surface area contributed by atoms with Crippen LogP contribution in [0.5, 0.6) is 0 Å². The van der Waals surface area contributed by atoms with Gasteiger partial charge in [-0.05, 0) is 36.2 Å². The molecule has 2 aromatic carbocycles. The summed E-state index contributed by atoms with van der Waals surface area (Å²) in [6, 6.07) is 16.3. The van der Waals surface area contributed by atoms with Gasteiger partial charge in [0, 0.05) is 24.3 Å². The predicted molar refractivity (Wildman–Crippen MR) is 82.8 cm³/mol. The van der Waals surface area contributed by atoms with Gasteiger partial charge < -0.3 is 10.6 Å². The van der Waals surface area contributed by atoms with Gasteiger partial charge in [0.25, 0.3) is 0 Å². The Balaban J connectivity index is 2.35. The van der Waals surface area contributed by atoms with Gasteiger partial charge in [0.15, 0.2) is 0 Å². The van der Waals surface area contributed by atoms with Gasteiger partial charge in [-0.15, -0.1) is 0 Å². The fourth-order valence-corrected chi connectivity index (χ4v) is 2.56. The number of likely N-dealkylation sites (N-methyl/N-ethyl adjacent to an activating group) is 1. The molecule has 2 rings (SSSR count). The highest BCUT2D eigenvalue weighted by Gasteiger charge is 2.17. The molecule has 0 fully saturated rings. The lowest BCUT2D eigenvalue weighted by Gasteiger charge is -2.30. The molecule has 0 aromatic heterocycles. The number of hydrogen-bond acceptors (Lipinski definition) is 2. The summed E-state index contributed by atoms with van der Waals surface area (Å²) in [7, 11) is 2.07. The third-order valence-electron chi connectivity index (χ3n) is 3.42. The molecule has 0 saturated carbocycles. The van der Waals surface area contributed by atoms with Crippen molar-refractivity contribution < 1.29 is 0 Å². The van der Waals surface area contributed by atoms with Crippen LogP contribution in [0.1, 0.15) is 17.2 Å². The van der Waals surface area contributed by atoms with Crippen LogP contribution in [-0.4, -0.2) is 13.6 Å². The van der Waals surface area contributed by atoms with E-state index in [2.05, 4.69) is 37.1 Å². The number of aryl methyl sites for hydroxylation is 1. The Labute approximate surface area is 119 Å². The lowest BCUT2D eigenvalue weighted by atomic mass is 10.0. The van der Waals surface area contributed by atoms with Gasteiger partial charge >= 0.3 is 0 Å². The van der Waals surface area contributed by atoms with Gasteiger partial charge in [0.2, 0.25) is 0 Å². The summed E-state index contributed by atoms with van der Waals surface area (Å²) in [5.74, 6) is 0. The number of anilines is 1. The zero-order chi connectivity index (χ0) is 13.8. The van der Waals surface area contributed by atoms with E-state index in [9.17, 15) is 0 Å². The van der Waals surface area contributed by atoms with Crippen LogP contribution in [0.3, 0.4) is 0 Å². The van der Waals surface area contributed by atoms with Crippen molar-refractivity contribution >= 4 is 17.3 Å². The fraction of sp³-hybridized carbons (Fsp3) is 0.250. The summed E-state index contributed by atoms with van der Waals surface area (Å²) in [5.41, 5.74) is 9.53. The SMILES string of the molecule is Cc1ccccc1N(C)C(CN)c1cccc(Cl)c1. The van der Waals surface area contributed by atoms with Crippen molar-refractivity contribution in [2.75, 3.05) is 18.5 Å². The van der Waals surface area contributed by atoms with Gasteiger partial charge in [-0.3, -0.25) is 0 Å². The first-order valence-corrected chi connectivity index (χ1v) is 6.75. The van der Waals surface area contributed by atoms with Gasteiger partial charge in [-0.25, -0.2) is 0 Å². The topological polar surface area (TPSA) is 29.3 Å². The first kappa shape index (κ1) is 13.9. The smallest absolute Gasteiger partial charge is 0.0662 e. The van der Waals surface area contributed by atoms with E-state index in [0.717, 1.165) is 10.6 Å². The minimum Gasteiger partial charge on any atom is -0.366 e. The Bertz CT molecular complexity index is 554. The van der Waals surface area contributed by atoms with E-state index >= 15 is 0 Å². The van der Waals surface area contributed by atoms with Crippen molar-refractivity contribution in [1.82, 2.24) is 0 Å². The maximum absolute atomic E-state index is 6.07. The summed E-state index contributed by atoms with van der Waals surface area (Å²) in [6.45, 7) is 2.66. The Hall–Kier alpha value is -1.51. The standard InChI is InChI=1S/C16H19ClN2/c1-12-6-3-4-9-15(12)19(2)16(11-18)13-7-5-8-14(17)10-13/h3-10,16H,11,18H2,1-2H3. The van der Waals surface area contributed by atoms with Crippen molar-refractivity contribution in [3.05, 3.63) is 64.7 Å². The summed E-state index contributed by atoms with van der Waals surface area (Å²) in [4.78, 5) is 2.21. The minimum absolute atomic E-state index is 0.125. The molecular formula is C16H19ClN2. The second kappa shape index (κ2) is 6.09. The molecule has 19 heavy (non-hydrogen) atoms. The average molecular weight is 275 g/mol. The molecular weight excluding hydrogens is 256 g/mol. The highest BCUT2D eigenvalue weighted by atomic mass is 35.5. The first-order valence-electron chi connectivity index (χ1n) is 6.37. The summed E-state index contributed by atoms with van der Waals surface area (Å²) < 4.78 is 0. The molecule has 2 nitrogen and oxygen atoms in total. The van der Waals surface area contributed by atoms with Crippen molar-refractivity contribution in [2.24, 2.45) is 5.73 Å². The molecule has 1 atom stereocenters. The zero-order valence-electron chi connectivity index (χ0n) is 11.3. The van der Waals surface area contributed by atoms with Gasteiger partial charge in [-0.2, -0.15) is 0 Å². The largest absolute Gasteiger partial charge is 0.366 e. The van der Waals surface area contributed by atoms with E-state index in [-0.39, 0.29) is 6.04 Å².